The van der Waals surface area contributed by atoms with Crippen molar-refractivity contribution in [3.63, 3.8) is 0 Å². The summed E-state index contributed by atoms with van der Waals surface area (Å²) in [6.45, 7) is 5.21. The van der Waals surface area contributed by atoms with Gasteiger partial charge in [-0.05, 0) is 69.5 Å². The van der Waals surface area contributed by atoms with Crippen molar-refractivity contribution in [2.24, 2.45) is 5.92 Å². The Morgan fingerprint density at radius 1 is 1.07 bits per heavy atom. The minimum Gasteiger partial charge on any atom is -0.385 e. The Morgan fingerprint density at radius 2 is 1.82 bits per heavy atom. The van der Waals surface area contributed by atoms with E-state index in [1.807, 2.05) is 6.07 Å². The van der Waals surface area contributed by atoms with Gasteiger partial charge >= 0.3 is 0 Å². The highest BCUT2D eigenvalue weighted by Crippen LogP contribution is 2.41. The summed E-state index contributed by atoms with van der Waals surface area (Å²) < 4.78 is 0. The number of benzene rings is 2. The molecular weight excluding hydrogens is 342 g/mol. The summed E-state index contributed by atoms with van der Waals surface area (Å²) in [5.74, 6) is 0.236. The zero-order chi connectivity index (χ0) is 20.1. The molecule has 0 heterocycles. The van der Waals surface area contributed by atoms with Gasteiger partial charge in [-0.2, -0.15) is 0 Å². The van der Waals surface area contributed by atoms with Crippen molar-refractivity contribution in [3.05, 3.63) is 76.4 Å². The van der Waals surface area contributed by atoms with E-state index in [9.17, 15) is 5.11 Å². The maximum Gasteiger partial charge on any atom is 0.0940 e. The lowest BCUT2D eigenvalue weighted by molar-refractivity contribution is 0.00505. The monoisotopic (exact) mass is 377 g/mol. The standard InChI is InChI=1S/C26H35NO/c1-20-14-15-21(2)23(16-20)18-26(28)24(17-22-10-6-5-7-11-22)12-8-9-13-25(26)19-27(3)4/h5-7,10-11,14-17,25,28H,8-9,12-13,18-19H2,1-4H3/b24-17-. The quantitative estimate of drug-likeness (QED) is 0.704. The fraction of sp³-hybridized carbons (Fsp3) is 0.462. The lowest BCUT2D eigenvalue weighted by Crippen LogP contribution is -2.46. The number of hydrogen-bond donors (Lipinski definition) is 1. The predicted molar refractivity (Wildman–Crippen MR) is 120 cm³/mol. The van der Waals surface area contributed by atoms with Crippen LogP contribution in [0.3, 0.4) is 0 Å². The molecule has 0 spiro atoms. The van der Waals surface area contributed by atoms with Crippen LogP contribution in [0.4, 0.5) is 0 Å². The lowest BCUT2D eigenvalue weighted by atomic mass is 9.74. The molecule has 28 heavy (non-hydrogen) atoms. The second-order valence-corrected chi connectivity index (χ2v) is 8.82. The normalized spacial score (nSPS) is 24.5. The molecule has 2 unspecified atom stereocenters. The molecule has 2 nitrogen and oxygen atoms in total. The van der Waals surface area contributed by atoms with Gasteiger partial charge in [-0.25, -0.2) is 0 Å². The van der Waals surface area contributed by atoms with E-state index in [2.05, 4.69) is 81.4 Å². The Morgan fingerprint density at radius 3 is 2.54 bits per heavy atom. The fourth-order valence-electron chi connectivity index (χ4n) is 4.59. The van der Waals surface area contributed by atoms with Crippen LogP contribution < -0.4 is 0 Å². The minimum absolute atomic E-state index is 0.236. The van der Waals surface area contributed by atoms with E-state index >= 15 is 0 Å². The lowest BCUT2D eigenvalue weighted by Gasteiger charge is -2.39. The average Bonchev–Trinajstić information content (AvgIpc) is 2.79. The van der Waals surface area contributed by atoms with Gasteiger partial charge in [0, 0.05) is 18.9 Å². The average molecular weight is 378 g/mol. The first-order valence-electron chi connectivity index (χ1n) is 10.6. The molecule has 2 heteroatoms. The topological polar surface area (TPSA) is 23.5 Å². The highest BCUT2D eigenvalue weighted by atomic mass is 16.3. The molecule has 2 aromatic carbocycles. The van der Waals surface area contributed by atoms with Crippen LogP contribution in [0.5, 0.6) is 0 Å². The fourth-order valence-corrected chi connectivity index (χ4v) is 4.59. The maximum atomic E-state index is 12.3. The molecule has 0 radical (unpaired) electrons. The van der Waals surface area contributed by atoms with Gasteiger partial charge in [-0.1, -0.05) is 66.6 Å². The molecule has 1 aliphatic rings. The molecule has 1 saturated carbocycles. The van der Waals surface area contributed by atoms with Crippen LogP contribution in [0.1, 0.15) is 47.9 Å². The first-order valence-corrected chi connectivity index (χ1v) is 10.6. The van der Waals surface area contributed by atoms with Gasteiger partial charge in [0.15, 0.2) is 0 Å². The van der Waals surface area contributed by atoms with Crippen LogP contribution in [0.15, 0.2) is 54.1 Å². The smallest absolute Gasteiger partial charge is 0.0940 e. The van der Waals surface area contributed by atoms with Crippen LogP contribution in [0.25, 0.3) is 6.08 Å². The summed E-state index contributed by atoms with van der Waals surface area (Å²) in [5.41, 5.74) is 5.37. The van der Waals surface area contributed by atoms with E-state index in [-0.39, 0.29) is 5.92 Å². The van der Waals surface area contributed by atoms with E-state index < -0.39 is 5.60 Å². The van der Waals surface area contributed by atoms with E-state index in [0.29, 0.717) is 6.42 Å². The highest BCUT2D eigenvalue weighted by molar-refractivity contribution is 5.56. The van der Waals surface area contributed by atoms with Gasteiger partial charge in [-0.3, -0.25) is 0 Å². The van der Waals surface area contributed by atoms with Gasteiger partial charge in [0.2, 0.25) is 0 Å². The molecule has 0 amide bonds. The first-order chi connectivity index (χ1) is 13.4. The first kappa shape index (κ1) is 20.8. The van der Waals surface area contributed by atoms with Crippen molar-refractivity contribution >= 4 is 6.08 Å². The molecule has 1 N–H and O–H groups in total. The van der Waals surface area contributed by atoms with E-state index in [1.54, 1.807) is 0 Å². The van der Waals surface area contributed by atoms with Crippen LogP contribution >= 0.6 is 0 Å². The van der Waals surface area contributed by atoms with Crippen LogP contribution in [0.2, 0.25) is 0 Å². The third-order valence-electron chi connectivity index (χ3n) is 6.17. The summed E-state index contributed by atoms with van der Waals surface area (Å²) in [6, 6.07) is 17.1. The SMILES string of the molecule is Cc1ccc(C)c(CC2(O)/C(=C\c3ccccc3)CCCCC2CN(C)C)c1. The summed E-state index contributed by atoms with van der Waals surface area (Å²) >= 11 is 0. The van der Waals surface area contributed by atoms with Crippen LogP contribution in [-0.2, 0) is 6.42 Å². The summed E-state index contributed by atoms with van der Waals surface area (Å²) in [7, 11) is 4.23. The predicted octanol–water partition coefficient (Wildman–Crippen LogP) is 5.41. The Kier molecular flexibility index (Phi) is 6.74. The van der Waals surface area contributed by atoms with E-state index in [1.165, 1.54) is 34.2 Å². The Balaban J connectivity index is 2.07. The number of rotatable bonds is 5. The largest absolute Gasteiger partial charge is 0.385 e. The molecule has 150 valence electrons. The van der Waals surface area contributed by atoms with Gasteiger partial charge in [0.25, 0.3) is 0 Å². The van der Waals surface area contributed by atoms with Crippen molar-refractivity contribution in [1.29, 1.82) is 0 Å². The molecule has 2 aromatic rings. The van der Waals surface area contributed by atoms with Gasteiger partial charge in [-0.15, -0.1) is 0 Å². The van der Waals surface area contributed by atoms with Crippen LogP contribution in [-0.4, -0.2) is 36.2 Å². The molecule has 0 bridgehead atoms. The molecule has 0 aromatic heterocycles. The third-order valence-corrected chi connectivity index (χ3v) is 6.17. The van der Waals surface area contributed by atoms with E-state index in [0.717, 1.165) is 25.8 Å². The van der Waals surface area contributed by atoms with Crippen molar-refractivity contribution in [2.45, 2.75) is 51.6 Å². The summed E-state index contributed by atoms with van der Waals surface area (Å²) in [6.07, 6.45) is 7.32. The van der Waals surface area contributed by atoms with Crippen molar-refractivity contribution in [1.82, 2.24) is 4.90 Å². The Bertz CT molecular complexity index is 808. The molecule has 3 rings (SSSR count). The number of hydrogen-bond acceptors (Lipinski definition) is 2. The number of nitrogens with zero attached hydrogens (tertiary/aromatic N) is 1. The van der Waals surface area contributed by atoms with Gasteiger partial charge in [0.1, 0.15) is 0 Å². The molecule has 2 atom stereocenters. The Hall–Kier alpha value is -1.90. The van der Waals surface area contributed by atoms with Gasteiger partial charge in [0.05, 0.1) is 5.60 Å². The van der Waals surface area contributed by atoms with Crippen molar-refractivity contribution in [2.75, 3.05) is 20.6 Å². The second-order valence-electron chi connectivity index (χ2n) is 8.82. The van der Waals surface area contributed by atoms with Crippen LogP contribution in [0, 0.1) is 19.8 Å². The Labute approximate surface area is 170 Å². The second kappa shape index (κ2) is 9.07. The molecule has 1 fully saturated rings. The summed E-state index contributed by atoms with van der Waals surface area (Å²) in [5, 5.41) is 12.3. The third kappa shape index (κ3) is 4.92. The van der Waals surface area contributed by atoms with E-state index in [4.69, 9.17) is 0 Å². The molecule has 0 aliphatic heterocycles. The summed E-state index contributed by atoms with van der Waals surface area (Å²) in [4.78, 5) is 2.23. The van der Waals surface area contributed by atoms with Crippen molar-refractivity contribution < 1.29 is 5.11 Å². The molecule has 0 saturated heterocycles. The number of aryl methyl sites for hydroxylation is 2. The van der Waals surface area contributed by atoms with Gasteiger partial charge < -0.3 is 10.0 Å². The zero-order valence-electron chi connectivity index (χ0n) is 17.9. The zero-order valence-corrected chi connectivity index (χ0v) is 17.9. The highest BCUT2D eigenvalue weighted by Gasteiger charge is 2.41. The molecular formula is C26H35NO. The minimum atomic E-state index is -0.810. The van der Waals surface area contributed by atoms with Crippen molar-refractivity contribution in [3.8, 4) is 0 Å². The number of aliphatic hydroxyl groups is 1. The molecule has 1 aliphatic carbocycles. The maximum absolute atomic E-state index is 12.3.